The first-order valence-electron chi connectivity index (χ1n) is 6.08. The fourth-order valence-corrected chi connectivity index (χ4v) is 2.64. The van der Waals surface area contributed by atoms with Crippen LogP contribution in [0, 0.1) is 12.3 Å². The van der Waals surface area contributed by atoms with Gasteiger partial charge in [0.1, 0.15) is 11.9 Å². The van der Waals surface area contributed by atoms with Crippen LogP contribution in [0.4, 0.5) is 0 Å². The van der Waals surface area contributed by atoms with Crippen molar-refractivity contribution in [3.63, 3.8) is 0 Å². The molecule has 0 heterocycles. The summed E-state index contributed by atoms with van der Waals surface area (Å²) in [5.74, 6) is 0.746. The molecule has 1 aliphatic carbocycles. The predicted octanol–water partition coefficient (Wildman–Crippen LogP) is 3.54. The Balaban J connectivity index is 2.12. The van der Waals surface area contributed by atoms with E-state index < -0.39 is 0 Å². The molecule has 0 aliphatic heterocycles. The normalized spacial score (nSPS) is 27.1. The second-order valence-electron chi connectivity index (χ2n) is 5.64. The van der Waals surface area contributed by atoms with Crippen LogP contribution in [-0.4, -0.2) is 12.1 Å². The van der Waals surface area contributed by atoms with E-state index in [9.17, 15) is 0 Å². The van der Waals surface area contributed by atoms with Gasteiger partial charge in [0.05, 0.1) is 5.02 Å². The van der Waals surface area contributed by atoms with Crippen molar-refractivity contribution in [3.05, 3.63) is 28.8 Å². The van der Waals surface area contributed by atoms with Crippen molar-refractivity contribution in [2.75, 3.05) is 0 Å². The SMILES string of the molecule is Cc1ccc(OC2CCC(C)(C)C2N)c(Cl)c1. The maximum absolute atomic E-state index is 6.22. The molecule has 2 nitrogen and oxygen atoms in total. The summed E-state index contributed by atoms with van der Waals surface area (Å²) in [7, 11) is 0. The molecular formula is C14H20ClNO. The summed E-state index contributed by atoms with van der Waals surface area (Å²) < 4.78 is 5.95. The van der Waals surface area contributed by atoms with E-state index in [0.717, 1.165) is 24.2 Å². The Morgan fingerprint density at radius 2 is 2.12 bits per heavy atom. The number of aryl methyl sites for hydroxylation is 1. The lowest BCUT2D eigenvalue weighted by Crippen LogP contribution is -2.42. The molecule has 0 radical (unpaired) electrons. The molecule has 3 heteroatoms. The second-order valence-corrected chi connectivity index (χ2v) is 6.05. The van der Waals surface area contributed by atoms with Crippen molar-refractivity contribution in [2.45, 2.75) is 45.8 Å². The topological polar surface area (TPSA) is 35.2 Å². The van der Waals surface area contributed by atoms with E-state index >= 15 is 0 Å². The highest BCUT2D eigenvalue weighted by molar-refractivity contribution is 6.32. The first-order chi connectivity index (χ1) is 7.90. The lowest BCUT2D eigenvalue weighted by molar-refractivity contribution is 0.165. The van der Waals surface area contributed by atoms with Crippen LogP contribution in [0.2, 0.25) is 5.02 Å². The summed E-state index contributed by atoms with van der Waals surface area (Å²) in [6.07, 6.45) is 2.17. The number of benzene rings is 1. The number of nitrogens with two attached hydrogens (primary N) is 1. The second kappa shape index (κ2) is 4.51. The number of rotatable bonds is 2. The highest BCUT2D eigenvalue weighted by Crippen LogP contribution is 2.39. The van der Waals surface area contributed by atoms with Crippen molar-refractivity contribution < 1.29 is 4.74 Å². The molecule has 2 atom stereocenters. The highest BCUT2D eigenvalue weighted by atomic mass is 35.5. The lowest BCUT2D eigenvalue weighted by atomic mass is 9.88. The van der Waals surface area contributed by atoms with Gasteiger partial charge in [-0.15, -0.1) is 0 Å². The van der Waals surface area contributed by atoms with Gasteiger partial charge in [-0.2, -0.15) is 0 Å². The molecule has 0 bridgehead atoms. The smallest absolute Gasteiger partial charge is 0.138 e. The zero-order valence-electron chi connectivity index (χ0n) is 10.7. The molecule has 1 aliphatic rings. The Labute approximate surface area is 108 Å². The molecule has 2 N–H and O–H groups in total. The first kappa shape index (κ1) is 12.7. The third kappa shape index (κ3) is 2.58. The van der Waals surface area contributed by atoms with E-state index in [1.807, 2.05) is 25.1 Å². The Bertz CT molecular complexity index is 417. The molecule has 2 rings (SSSR count). The maximum Gasteiger partial charge on any atom is 0.138 e. The summed E-state index contributed by atoms with van der Waals surface area (Å²) in [5.41, 5.74) is 7.51. The molecule has 2 unspecified atom stereocenters. The van der Waals surface area contributed by atoms with Crippen molar-refractivity contribution in [1.82, 2.24) is 0 Å². The molecule has 0 amide bonds. The largest absolute Gasteiger partial charge is 0.487 e. The van der Waals surface area contributed by atoms with Crippen molar-refractivity contribution in [2.24, 2.45) is 11.1 Å². The van der Waals surface area contributed by atoms with Gasteiger partial charge in [0.15, 0.2) is 0 Å². The van der Waals surface area contributed by atoms with Gasteiger partial charge in [0, 0.05) is 6.04 Å². The quantitative estimate of drug-likeness (QED) is 0.875. The molecule has 0 saturated heterocycles. The zero-order valence-corrected chi connectivity index (χ0v) is 11.4. The third-order valence-electron chi connectivity index (χ3n) is 3.74. The van der Waals surface area contributed by atoms with E-state index in [-0.39, 0.29) is 17.6 Å². The summed E-state index contributed by atoms with van der Waals surface area (Å²) in [5, 5.41) is 0.668. The van der Waals surface area contributed by atoms with Crippen LogP contribution in [0.1, 0.15) is 32.3 Å². The van der Waals surface area contributed by atoms with Crippen LogP contribution < -0.4 is 10.5 Å². The molecule has 0 spiro atoms. The number of hydrogen-bond donors (Lipinski definition) is 1. The Hall–Kier alpha value is -0.730. The van der Waals surface area contributed by atoms with Crippen LogP contribution in [0.25, 0.3) is 0 Å². The van der Waals surface area contributed by atoms with Gasteiger partial charge < -0.3 is 10.5 Å². The summed E-state index contributed by atoms with van der Waals surface area (Å²) in [6, 6.07) is 5.92. The minimum absolute atomic E-state index is 0.0693. The van der Waals surface area contributed by atoms with E-state index in [1.165, 1.54) is 0 Å². The fourth-order valence-electron chi connectivity index (χ4n) is 2.36. The predicted molar refractivity (Wildman–Crippen MR) is 71.6 cm³/mol. The maximum atomic E-state index is 6.22. The molecule has 1 saturated carbocycles. The van der Waals surface area contributed by atoms with Gasteiger partial charge in [-0.25, -0.2) is 0 Å². The molecular weight excluding hydrogens is 234 g/mol. The van der Waals surface area contributed by atoms with Crippen LogP contribution in [0.3, 0.4) is 0 Å². The Kier molecular flexibility index (Phi) is 3.37. The molecule has 1 fully saturated rings. The first-order valence-corrected chi connectivity index (χ1v) is 6.46. The van der Waals surface area contributed by atoms with Crippen LogP contribution in [0.15, 0.2) is 18.2 Å². The average molecular weight is 254 g/mol. The van der Waals surface area contributed by atoms with Crippen molar-refractivity contribution in [3.8, 4) is 5.75 Å². The van der Waals surface area contributed by atoms with Gasteiger partial charge in [0.25, 0.3) is 0 Å². The van der Waals surface area contributed by atoms with Gasteiger partial charge in [-0.05, 0) is 42.9 Å². The summed E-state index contributed by atoms with van der Waals surface area (Å²) in [6.45, 7) is 6.40. The van der Waals surface area contributed by atoms with Crippen molar-refractivity contribution in [1.29, 1.82) is 0 Å². The van der Waals surface area contributed by atoms with Gasteiger partial charge in [-0.1, -0.05) is 31.5 Å². The fraction of sp³-hybridized carbons (Fsp3) is 0.571. The Morgan fingerprint density at radius 3 is 2.65 bits per heavy atom. The van der Waals surface area contributed by atoms with Crippen LogP contribution >= 0.6 is 11.6 Å². The zero-order chi connectivity index (χ0) is 12.6. The molecule has 17 heavy (non-hydrogen) atoms. The highest BCUT2D eigenvalue weighted by Gasteiger charge is 2.41. The lowest BCUT2D eigenvalue weighted by Gasteiger charge is -2.27. The monoisotopic (exact) mass is 253 g/mol. The summed E-state index contributed by atoms with van der Waals surface area (Å²) in [4.78, 5) is 0. The van der Waals surface area contributed by atoms with E-state index in [4.69, 9.17) is 22.1 Å². The molecule has 94 valence electrons. The molecule has 1 aromatic carbocycles. The number of ether oxygens (including phenoxy) is 1. The van der Waals surface area contributed by atoms with E-state index in [2.05, 4.69) is 13.8 Å². The number of halogens is 1. The van der Waals surface area contributed by atoms with Gasteiger partial charge in [-0.3, -0.25) is 0 Å². The van der Waals surface area contributed by atoms with Gasteiger partial charge >= 0.3 is 0 Å². The number of hydrogen-bond acceptors (Lipinski definition) is 2. The third-order valence-corrected chi connectivity index (χ3v) is 4.04. The van der Waals surface area contributed by atoms with Crippen molar-refractivity contribution >= 4 is 11.6 Å². The summed E-state index contributed by atoms with van der Waals surface area (Å²) >= 11 is 6.16. The van der Waals surface area contributed by atoms with Crippen LogP contribution in [0.5, 0.6) is 5.75 Å². The minimum Gasteiger partial charge on any atom is -0.487 e. The van der Waals surface area contributed by atoms with E-state index in [0.29, 0.717) is 5.02 Å². The van der Waals surface area contributed by atoms with E-state index in [1.54, 1.807) is 0 Å². The van der Waals surface area contributed by atoms with Crippen LogP contribution in [-0.2, 0) is 0 Å². The molecule has 1 aromatic rings. The van der Waals surface area contributed by atoms with Gasteiger partial charge in [0.2, 0.25) is 0 Å². The standard InChI is InChI=1S/C14H20ClNO/c1-9-4-5-11(10(15)8-9)17-12-6-7-14(2,3)13(12)16/h4-5,8,12-13H,6-7,16H2,1-3H3. The molecule has 0 aromatic heterocycles. The average Bonchev–Trinajstić information content (AvgIpc) is 2.49. The minimum atomic E-state index is 0.0693. The Morgan fingerprint density at radius 1 is 1.41 bits per heavy atom.